The number of aryl methyl sites for hydroxylation is 1. The lowest BCUT2D eigenvalue weighted by molar-refractivity contribution is 0.102. The quantitative estimate of drug-likeness (QED) is 0.700. The van der Waals surface area contributed by atoms with E-state index in [-0.39, 0.29) is 17.4 Å². The molecule has 142 valence electrons. The maximum atomic E-state index is 12.6. The third-order valence-corrected chi connectivity index (χ3v) is 4.44. The second-order valence-electron chi connectivity index (χ2n) is 6.35. The molecule has 0 atom stereocenters. The van der Waals surface area contributed by atoms with Crippen molar-refractivity contribution in [1.29, 1.82) is 0 Å². The number of rotatable bonds is 5. The summed E-state index contributed by atoms with van der Waals surface area (Å²) in [5.74, 6) is -0.0445. The Kier molecular flexibility index (Phi) is 5.69. The molecule has 0 fully saturated rings. The SMILES string of the molecule is COc1cccc(NC(=O)c2cncc(C(=O)Nc3cccc(C)c3C)c2)c1. The number of nitrogens with one attached hydrogen (secondary N) is 2. The van der Waals surface area contributed by atoms with Gasteiger partial charge in [-0.3, -0.25) is 14.6 Å². The van der Waals surface area contributed by atoms with Crippen molar-refractivity contribution in [2.75, 3.05) is 17.7 Å². The topological polar surface area (TPSA) is 80.3 Å². The summed E-state index contributed by atoms with van der Waals surface area (Å²) in [4.78, 5) is 29.2. The van der Waals surface area contributed by atoms with Gasteiger partial charge in [0, 0.05) is 29.8 Å². The molecule has 0 aliphatic carbocycles. The van der Waals surface area contributed by atoms with Crippen molar-refractivity contribution in [3.05, 3.63) is 83.2 Å². The summed E-state index contributed by atoms with van der Waals surface area (Å²) in [6, 6.07) is 14.3. The number of amides is 2. The predicted octanol–water partition coefficient (Wildman–Crippen LogP) is 4.21. The number of hydrogen-bond acceptors (Lipinski definition) is 4. The Morgan fingerprint density at radius 3 is 2.29 bits per heavy atom. The van der Waals surface area contributed by atoms with E-state index < -0.39 is 0 Å². The number of hydrogen-bond donors (Lipinski definition) is 2. The molecule has 0 spiro atoms. The highest BCUT2D eigenvalue weighted by Crippen LogP contribution is 2.20. The first kappa shape index (κ1) is 19.1. The van der Waals surface area contributed by atoms with E-state index in [1.165, 1.54) is 18.5 Å². The summed E-state index contributed by atoms with van der Waals surface area (Å²) in [6.07, 6.45) is 2.85. The molecule has 6 heteroatoms. The molecule has 3 rings (SSSR count). The monoisotopic (exact) mass is 375 g/mol. The summed E-state index contributed by atoms with van der Waals surface area (Å²) >= 11 is 0. The number of carbonyl (C=O) groups excluding carboxylic acids is 2. The molecule has 0 radical (unpaired) electrons. The van der Waals surface area contributed by atoms with E-state index in [0.29, 0.717) is 17.0 Å². The van der Waals surface area contributed by atoms with Crippen LogP contribution in [0.2, 0.25) is 0 Å². The first-order valence-electron chi connectivity index (χ1n) is 8.76. The molecule has 1 aromatic heterocycles. The van der Waals surface area contributed by atoms with Crippen molar-refractivity contribution in [3.8, 4) is 5.75 Å². The van der Waals surface area contributed by atoms with E-state index in [9.17, 15) is 9.59 Å². The van der Waals surface area contributed by atoms with Gasteiger partial charge in [-0.2, -0.15) is 0 Å². The van der Waals surface area contributed by atoms with Crippen molar-refractivity contribution >= 4 is 23.2 Å². The average molecular weight is 375 g/mol. The molecule has 0 saturated carbocycles. The van der Waals surface area contributed by atoms with Crippen LogP contribution in [-0.4, -0.2) is 23.9 Å². The lowest BCUT2D eigenvalue weighted by atomic mass is 10.1. The van der Waals surface area contributed by atoms with Crippen LogP contribution in [0.4, 0.5) is 11.4 Å². The van der Waals surface area contributed by atoms with Crippen LogP contribution in [0, 0.1) is 13.8 Å². The van der Waals surface area contributed by atoms with Gasteiger partial charge in [0.1, 0.15) is 5.75 Å². The summed E-state index contributed by atoms with van der Waals surface area (Å²) in [5.41, 5.74) is 4.00. The third kappa shape index (κ3) is 4.35. The first-order chi connectivity index (χ1) is 13.5. The van der Waals surface area contributed by atoms with Crippen molar-refractivity contribution in [1.82, 2.24) is 4.98 Å². The Hall–Kier alpha value is -3.67. The molecule has 0 bridgehead atoms. The summed E-state index contributed by atoms with van der Waals surface area (Å²) in [5, 5.41) is 5.65. The van der Waals surface area contributed by atoms with Crippen molar-refractivity contribution in [3.63, 3.8) is 0 Å². The maximum absolute atomic E-state index is 12.6. The highest BCUT2D eigenvalue weighted by molar-refractivity contribution is 6.08. The molecule has 6 nitrogen and oxygen atoms in total. The number of aromatic nitrogens is 1. The minimum atomic E-state index is -0.359. The largest absolute Gasteiger partial charge is 0.497 e. The molecule has 0 unspecified atom stereocenters. The Morgan fingerprint density at radius 2 is 1.57 bits per heavy atom. The zero-order valence-corrected chi connectivity index (χ0v) is 15.9. The predicted molar refractivity (Wildman–Crippen MR) is 109 cm³/mol. The standard InChI is InChI=1S/C22H21N3O3/c1-14-6-4-9-20(15(14)2)25-22(27)17-10-16(12-23-13-17)21(26)24-18-7-5-8-19(11-18)28-3/h4-13H,1-3H3,(H,24,26)(H,25,27). The number of ether oxygens (including phenoxy) is 1. The first-order valence-corrected chi connectivity index (χ1v) is 8.76. The van der Waals surface area contributed by atoms with Gasteiger partial charge in [0.15, 0.2) is 0 Å². The average Bonchev–Trinajstić information content (AvgIpc) is 2.71. The summed E-state index contributed by atoms with van der Waals surface area (Å²) in [6.45, 7) is 3.93. The molecule has 2 N–H and O–H groups in total. The molecule has 0 aliphatic rings. The van der Waals surface area contributed by atoms with Crippen LogP contribution in [0.15, 0.2) is 60.9 Å². The molecule has 2 amide bonds. The van der Waals surface area contributed by atoms with E-state index >= 15 is 0 Å². The fraction of sp³-hybridized carbons (Fsp3) is 0.136. The molecular weight excluding hydrogens is 354 g/mol. The highest BCUT2D eigenvalue weighted by Gasteiger charge is 2.13. The van der Waals surface area contributed by atoms with E-state index in [1.54, 1.807) is 31.4 Å². The summed E-state index contributed by atoms with van der Waals surface area (Å²) < 4.78 is 5.15. The van der Waals surface area contributed by atoms with Crippen LogP contribution < -0.4 is 15.4 Å². The van der Waals surface area contributed by atoms with E-state index in [0.717, 1.165) is 16.8 Å². The molecule has 0 aliphatic heterocycles. The van der Waals surface area contributed by atoms with E-state index in [2.05, 4.69) is 15.6 Å². The van der Waals surface area contributed by atoms with Crippen LogP contribution >= 0.6 is 0 Å². The molecule has 1 heterocycles. The normalized spacial score (nSPS) is 10.2. The van der Waals surface area contributed by atoms with Crippen molar-refractivity contribution in [2.45, 2.75) is 13.8 Å². The highest BCUT2D eigenvalue weighted by atomic mass is 16.5. The fourth-order valence-corrected chi connectivity index (χ4v) is 2.67. The van der Waals surface area contributed by atoms with Gasteiger partial charge >= 0.3 is 0 Å². The van der Waals surface area contributed by atoms with Gasteiger partial charge in [0.25, 0.3) is 11.8 Å². The Balaban J connectivity index is 1.76. The van der Waals surface area contributed by atoms with Gasteiger partial charge in [-0.1, -0.05) is 18.2 Å². The molecular formula is C22H21N3O3. The Morgan fingerprint density at radius 1 is 0.893 bits per heavy atom. The molecule has 3 aromatic rings. The third-order valence-electron chi connectivity index (χ3n) is 4.44. The Bertz CT molecular complexity index is 1030. The van der Waals surface area contributed by atoms with Crippen molar-refractivity contribution in [2.24, 2.45) is 0 Å². The van der Waals surface area contributed by atoms with Gasteiger partial charge in [0.05, 0.1) is 18.2 Å². The van der Waals surface area contributed by atoms with Gasteiger partial charge in [-0.05, 0) is 49.2 Å². The van der Waals surface area contributed by atoms with Crippen LogP contribution in [0.3, 0.4) is 0 Å². The lowest BCUT2D eigenvalue weighted by Crippen LogP contribution is -2.16. The number of anilines is 2. The maximum Gasteiger partial charge on any atom is 0.257 e. The van der Waals surface area contributed by atoms with E-state index in [4.69, 9.17) is 4.74 Å². The number of benzene rings is 2. The van der Waals surface area contributed by atoms with Crippen LogP contribution in [0.25, 0.3) is 0 Å². The molecule has 2 aromatic carbocycles. The molecule has 28 heavy (non-hydrogen) atoms. The van der Waals surface area contributed by atoms with Gasteiger partial charge < -0.3 is 15.4 Å². The second-order valence-corrected chi connectivity index (χ2v) is 6.35. The zero-order chi connectivity index (χ0) is 20.1. The molecule has 0 saturated heterocycles. The summed E-state index contributed by atoms with van der Waals surface area (Å²) in [7, 11) is 1.56. The minimum Gasteiger partial charge on any atom is -0.497 e. The smallest absolute Gasteiger partial charge is 0.257 e. The van der Waals surface area contributed by atoms with Gasteiger partial charge in [0.2, 0.25) is 0 Å². The Labute approximate surface area is 163 Å². The minimum absolute atomic E-state index is 0.288. The zero-order valence-electron chi connectivity index (χ0n) is 15.9. The lowest BCUT2D eigenvalue weighted by Gasteiger charge is -2.11. The second kappa shape index (κ2) is 8.35. The van der Waals surface area contributed by atoms with Gasteiger partial charge in [-0.15, -0.1) is 0 Å². The number of nitrogens with zero attached hydrogens (tertiary/aromatic N) is 1. The van der Waals surface area contributed by atoms with Crippen molar-refractivity contribution < 1.29 is 14.3 Å². The fourth-order valence-electron chi connectivity index (χ4n) is 2.67. The van der Waals surface area contributed by atoms with Gasteiger partial charge in [-0.25, -0.2) is 0 Å². The number of methoxy groups -OCH3 is 1. The number of pyridine rings is 1. The van der Waals surface area contributed by atoms with E-state index in [1.807, 2.05) is 32.0 Å². The van der Waals surface area contributed by atoms with Crippen LogP contribution in [0.1, 0.15) is 31.8 Å². The van der Waals surface area contributed by atoms with Crippen LogP contribution in [-0.2, 0) is 0 Å². The van der Waals surface area contributed by atoms with Crippen LogP contribution in [0.5, 0.6) is 5.75 Å². The number of carbonyl (C=O) groups is 2.